The van der Waals surface area contributed by atoms with Gasteiger partial charge in [0.15, 0.2) is 0 Å². The molecule has 0 aromatic heterocycles. The molecule has 9 heteroatoms. The van der Waals surface area contributed by atoms with Crippen molar-refractivity contribution in [1.82, 2.24) is 5.32 Å². The van der Waals surface area contributed by atoms with Crippen LogP contribution in [0.1, 0.15) is 70.9 Å². The molecule has 2 aromatic carbocycles. The first-order valence-electron chi connectivity index (χ1n) is 14.0. The second-order valence-electron chi connectivity index (χ2n) is 10.9. The van der Waals surface area contributed by atoms with E-state index in [2.05, 4.69) is 16.0 Å². The Kier molecular flexibility index (Phi) is 11.1. The van der Waals surface area contributed by atoms with Crippen LogP contribution in [0.3, 0.4) is 0 Å². The quantitative estimate of drug-likeness (QED) is 0.259. The minimum absolute atomic E-state index is 0.0474. The maximum Gasteiger partial charge on any atom is 0.407 e. The molecule has 0 saturated carbocycles. The average Bonchev–Trinajstić information content (AvgIpc) is 3.21. The molecule has 0 fully saturated rings. The molecule has 40 heavy (non-hydrogen) atoms. The van der Waals surface area contributed by atoms with E-state index >= 15 is 0 Å². The number of alkyl carbamates (subject to hydrolysis) is 1. The van der Waals surface area contributed by atoms with Crippen LogP contribution in [0.5, 0.6) is 0 Å². The van der Waals surface area contributed by atoms with E-state index in [1.165, 1.54) is 0 Å². The molecule has 1 atom stereocenters. The van der Waals surface area contributed by atoms with Gasteiger partial charge in [-0.1, -0.05) is 39.8 Å². The average molecular weight is 554 g/mol. The summed E-state index contributed by atoms with van der Waals surface area (Å²) in [6.07, 6.45) is 1.52. The first kappa shape index (κ1) is 31.1. The van der Waals surface area contributed by atoms with Crippen molar-refractivity contribution in [2.75, 3.05) is 44.2 Å². The third-order valence-corrected chi connectivity index (χ3v) is 7.32. The largest absolute Gasteiger partial charge is 0.449 e. The summed E-state index contributed by atoms with van der Waals surface area (Å²) < 4.78 is 16.0. The summed E-state index contributed by atoms with van der Waals surface area (Å²) in [7, 11) is 1.57. The zero-order valence-corrected chi connectivity index (χ0v) is 24.5. The van der Waals surface area contributed by atoms with Gasteiger partial charge in [-0.2, -0.15) is 0 Å². The zero-order chi connectivity index (χ0) is 29.3. The van der Waals surface area contributed by atoms with Crippen molar-refractivity contribution < 1.29 is 28.6 Å². The van der Waals surface area contributed by atoms with Crippen LogP contribution < -0.4 is 16.0 Å². The van der Waals surface area contributed by atoms with E-state index in [-0.39, 0.29) is 42.4 Å². The number of carbonyl (C=O) groups is 3. The Morgan fingerprint density at radius 2 is 1.48 bits per heavy atom. The maximum atomic E-state index is 12.8. The molecule has 1 unspecified atom stereocenters. The first-order chi connectivity index (χ1) is 19.1. The van der Waals surface area contributed by atoms with Crippen LogP contribution in [0.15, 0.2) is 36.4 Å². The molecule has 1 aliphatic carbocycles. The fourth-order valence-electron chi connectivity index (χ4n) is 4.65. The molecule has 0 bridgehead atoms. The van der Waals surface area contributed by atoms with Crippen LogP contribution in [0, 0.1) is 5.92 Å². The number of rotatable bonds is 14. The summed E-state index contributed by atoms with van der Waals surface area (Å²) >= 11 is 0. The van der Waals surface area contributed by atoms with Gasteiger partial charge in [-0.15, -0.1) is 0 Å². The van der Waals surface area contributed by atoms with Gasteiger partial charge in [-0.3, -0.25) is 9.59 Å². The molecule has 9 nitrogen and oxygen atoms in total. The molecule has 0 aliphatic heterocycles. The number of benzene rings is 2. The predicted octanol–water partition coefficient (Wildman–Crippen LogP) is 5.69. The fourth-order valence-corrected chi connectivity index (χ4v) is 4.65. The fraction of sp³-hybridized carbons (Fsp3) is 0.516. The number of hydrogen-bond donors (Lipinski definition) is 3. The smallest absolute Gasteiger partial charge is 0.407 e. The van der Waals surface area contributed by atoms with Crippen molar-refractivity contribution in [1.29, 1.82) is 0 Å². The highest BCUT2D eigenvalue weighted by atomic mass is 16.5. The molecule has 2 aromatic rings. The van der Waals surface area contributed by atoms with Crippen LogP contribution in [0.2, 0.25) is 0 Å². The summed E-state index contributed by atoms with van der Waals surface area (Å²) in [4.78, 5) is 37.6. The van der Waals surface area contributed by atoms with Gasteiger partial charge in [0, 0.05) is 36.4 Å². The third-order valence-electron chi connectivity index (χ3n) is 7.32. The van der Waals surface area contributed by atoms with Gasteiger partial charge in [0.25, 0.3) is 0 Å². The van der Waals surface area contributed by atoms with Gasteiger partial charge in [0.05, 0.1) is 13.2 Å². The summed E-state index contributed by atoms with van der Waals surface area (Å²) in [5, 5.41) is 8.86. The van der Waals surface area contributed by atoms with Gasteiger partial charge < -0.3 is 30.2 Å². The molecular weight excluding hydrogens is 510 g/mol. The van der Waals surface area contributed by atoms with E-state index in [0.29, 0.717) is 31.0 Å². The van der Waals surface area contributed by atoms with Crippen LogP contribution in [0.25, 0.3) is 11.1 Å². The Morgan fingerprint density at radius 3 is 2.00 bits per heavy atom. The second-order valence-corrected chi connectivity index (χ2v) is 10.9. The molecule has 3 rings (SSSR count). The molecular formula is C31H43N3O6. The summed E-state index contributed by atoms with van der Waals surface area (Å²) in [6, 6.07) is 11.5. The van der Waals surface area contributed by atoms with Crippen LogP contribution in [0.4, 0.5) is 16.2 Å². The highest BCUT2D eigenvalue weighted by molar-refractivity contribution is 5.94. The monoisotopic (exact) mass is 553 g/mol. The zero-order valence-electron chi connectivity index (χ0n) is 24.5. The van der Waals surface area contributed by atoms with Crippen molar-refractivity contribution in [2.24, 2.45) is 5.92 Å². The summed E-state index contributed by atoms with van der Waals surface area (Å²) in [6.45, 7) is 10.8. The van der Waals surface area contributed by atoms with Gasteiger partial charge in [0.2, 0.25) is 11.8 Å². The molecule has 1 aliphatic rings. The standard InChI is InChI=1S/C31H43N3O6/c1-7-31(5,8-2)34-30(37)40-18-27-25-16-21(32-28(35)15-20(3)4)9-11-23(25)24-12-10-22(17-26(24)27)33-29(36)19-39-14-13-38-6/h9-12,16-17,20,27H,7-8,13-15,18-19H2,1-6H3,(H,32,35)(H,33,36)(H,34,37). The number of amides is 3. The number of carbonyl (C=O) groups excluding carboxylic acids is 3. The van der Waals surface area contributed by atoms with E-state index in [9.17, 15) is 14.4 Å². The Morgan fingerprint density at radius 1 is 0.900 bits per heavy atom. The van der Waals surface area contributed by atoms with Gasteiger partial charge in [0.1, 0.15) is 13.2 Å². The van der Waals surface area contributed by atoms with E-state index < -0.39 is 6.09 Å². The Balaban J connectivity index is 1.84. The predicted molar refractivity (Wildman–Crippen MR) is 157 cm³/mol. The maximum absolute atomic E-state index is 12.8. The number of fused-ring (bicyclic) bond motifs is 3. The Labute approximate surface area is 237 Å². The van der Waals surface area contributed by atoms with Crippen molar-refractivity contribution in [3.05, 3.63) is 47.5 Å². The number of anilines is 2. The topological polar surface area (TPSA) is 115 Å². The van der Waals surface area contributed by atoms with Crippen molar-refractivity contribution in [3.8, 4) is 11.1 Å². The lowest BCUT2D eigenvalue weighted by Gasteiger charge is -2.28. The normalized spacial score (nSPS) is 13.9. The van der Waals surface area contributed by atoms with Crippen LogP contribution in [-0.2, 0) is 23.8 Å². The van der Waals surface area contributed by atoms with Gasteiger partial charge >= 0.3 is 6.09 Å². The van der Waals surface area contributed by atoms with Gasteiger partial charge in [-0.25, -0.2) is 4.79 Å². The number of methoxy groups -OCH3 is 1. The summed E-state index contributed by atoms with van der Waals surface area (Å²) in [5.41, 5.74) is 4.84. The van der Waals surface area contributed by atoms with E-state index in [0.717, 1.165) is 35.1 Å². The Bertz CT molecular complexity index is 1190. The minimum atomic E-state index is -0.472. The second kappa shape index (κ2) is 14.3. The highest BCUT2D eigenvalue weighted by Crippen LogP contribution is 2.47. The molecule has 3 amide bonds. The SMILES string of the molecule is CCC(C)(CC)NC(=O)OCC1c2cc(NC(=O)COCCOC)ccc2-c2ccc(NC(=O)CC(C)C)cc21. The molecule has 3 N–H and O–H groups in total. The van der Waals surface area contributed by atoms with E-state index in [4.69, 9.17) is 14.2 Å². The lowest BCUT2D eigenvalue weighted by Crippen LogP contribution is -2.45. The Hall–Kier alpha value is -3.43. The summed E-state index contributed by atoms with van der Waals surface area (Å²) in [5.74, 6) is -0.350. The molecule has 218 valence electrons. The van der Waals surface area contributed by atoms with Crippen LogP contribution in [-0.4, -0.2) is 57.0 Å². The van der Waals surface area contributed by atoms with Crippen molar-refractivity contribution in [3.63, 3.8) is 0 Å². The number of ether oxygens (including phenoxy) is 3. The van der Waals surface area contributed by atoms with E-state index in [1.54, 1.807) is 7.11 Å². The minimum Gasteiger partial charge on any atom is -0.449 e. The molecule has 0 radical (unpaired) electrons. The van der Waals surface area contributed by atoms with Crippen molar-refractivity contribution in [2.45, 2.75) is 65.3 Å². The number of nitrogens with one attached hydrogen (secondary N) is 3. The molecule has 0 spiro atoms. The lowest BCUT2D eigenvalue weighted by atomic mass is 9.96. The van der Waals surface area contributed by atoms with Crippen LogP contribution >= 0.6 is 0 Å². The molecule has 0 heterocycles. The first-order valence-corrected chi connectivity index (χ1v) is 14.0. The van der Waals surface area contributed by atoms with Gasteiger partial charge in [-0.05, 0) is 72.2 Å². The molecule has 0 saturated heterocycles. The third kappa shape index (κ3) is 8.29. The van der Waals surface area contributed by atoms with E-state index in [1.807, 2.05) is 71.0 Å². The number of hydrogen-bond acceptors (Lipinski definition) is 6. The van der Waals surface area contributed by atoms with Crippen molar-refractivity contribution >= 4 is 29.3 Å². The lowest BCUT2D eigenvalue weighted by molar-refractivity contribution is -0.121. The highest BCUT2D eigenvalue weighted by Gasteiger charge is 2.31.